The molecular formula is C13H22N2OS. The molecule has 3 unspecified atom stereocenters. The molecule has 1 heterocycles. The summed E-state index contributed by atoms with van der Waals surface area (Å²) in [5.41, 5.74) is 7.15. The smallest absolute Gasteiger partial charge is 0.237 e. The molecule has 1 aromatic rings. The molecular weight excluding hydrogens is 232 g/mol. The molecule has 0 aliphatic rings. The van der Waals surface area contributed by atoms with Crippen molar-refractivity contribution >= 4 is 17.2 Å². The van der Waals surface area contributed by atoms with Crippen molar-refractivity contribution in [2.75, 3.05) is 0 Å². The largest absolute Gasteiger partial charge is 0.352 e. The summed E-state index contributed by atoms with van der Waals surface area (Å²) in [6, 6.07) is 1.82. The van der Waals surface area contributed by atoms with E-state index in [9.17, 15) is 4.79 Å². The molecule has 0 fully saturated rings. The normalized spacial score (nSPS) is 16.2. The van der Waals surface area contributed by atoms with Crippen LogP contribution < -0.4 is 11.1 Å². The van der Waals surface area contributed by atoms with Crippen molar-refractivity contribution in [3.63, 3.8) is 0 Å². The summed E-state index contributed by atoms with van der Waals surface area (Å²) in [5, 5.41) is 7.13. The van der Waals surface area contributed by atoms with Crippen LogP contribution in [0.2, 0.25) is 0 Å². The zero-order chi connectivity index (χ0) is 12.8. The van der Waals surface area contributed by atoms with Crippen molar-refractivity contribution in [1.82, 2.24) is 5.32 Å². The fourth-order valence-corrected chi connectivity index (χ4v) is 2.35. The Hall–Kier alpha value is -0.870. The Morgan fingerprint density at radius 1 is 1.53 bits per heavy atom. The molecule has 0 spiro atoms. The number of hydrogen-bond donors (Lipinski definition) is 2. The van der Waals surface area contributed by atoms with Crippen LogP contribution in [0.3, 0.4) is 0 Å². The van der Waals surface area contributed by atoms with Gasteiger partial charge in [0.1, 0.15) is 0 Å². The van der Waals surface area contributed by atoms with Gasteiger partial charge in [-0.3, -0.25) is 4.79 Å². The van der Waals surface area contributed by atoms with Gasteiger partial charge >= 0.3 is 0 Å². The van der Waals surface area contributed by atoms with E-state index in [1.807, 2.05) is 20.8 Å². The maximum atomic E-state index is 11.8. The Kier molecular flexibility index (Phi) is 5.65. The zero-order valence-corrected chi connectivity index (χ0v) is 11.6. The topological polar surface area (TPSA) is 55.1 Å². The van der Waals surface area contributed by atoms with Gasteiger partial charge in [-0.15, -0.1) is 0 Å². The highest BCUT2D eigenvalue weighted by Gasteiger charge is 2.20. The zero-order valence-electron chi connectivity index (χ0n) is 10.8. The molecule has 1 rings (SSSR count). The fraction of sp³-hybridized carbons (Fsp3) is 0.615. The number of rotatable bonds is 6. The third kappa shape index (κ3) is 4.48. The lowest BCUT2D eigenvalue weighted by atomic mass is 9.99. The van der Waals surface area contributed by atoms with Crippen molar-refractivity contribution in [2.24, 2.45) is 11.7 Å². The van der Waals surface area contributed by atoms with E-state index in [1.54, 1.807) is 11.3 Å². The Labute approximate surface area is 107 Å². The number of hydrogen-bond acceptors (Lipinski definition) is 3. The fourth-order valence-electron chi connectivity index (χ4n) is 1.66. The lowest BCUT2D eigenvalue weighted by Gasteiger charge is -2.20. The minimum Gasteiger partial charge on any atom is -0.352 e. The number of nitrogens with two attached hydrogens (primary N) is 1. The van der Waals surface area contributed by atoms with Gasteiger partial charge in [0.15, 0.2) is 0 Å². The first kappa shape index (κ1) is 14.2. The molecule has 4 heteroatoms. The monoisotopic (exact) mass is 254 g/mol. The van der Waals surface area contributed by atoms with Crippen LogP contribution in [0.25, 0.3) is 0 Å². The average molecular weight is 254 g/mol. The van der Waals surface area contributed by atoms with Gasteiger partial charge in [0, 0.05) is 6.04 Å². The van der Waals surface area contributed by atoms with E-state index in [4.69, 9.17) is 5.73 Å². The third-order valence-electron chi connectivity index (χ3n) is 3.07. The van der Waals surface area contributed by atoms with E-state index in [-0.39, 0.29) is 17.9 Å². The van der Waals surface area contributed by atoms with E-state index in [2.05, 4.69) is 22.1 Å². The molecule has 3 atom stereocenters. The van der Waals surface area contributed by atoms with Gasteiger partial charge in [0.05, 0.1) is 6.04 Å². The van der Waals surface area contributed by atoms with Crippen LogP contribution in [0.1, 0.15) is 32.8 Å². The third-order valence-corrected chi connectivity index (χ3v) is 3.80. The van der Waals surface area contributed by atoms with Crippen LogP contribution in [0.5, 0.6) is 0 Å². The molecule has 0 aliphatic carbocycles. The van der Waals surface area contributed by atoms with Gasteiger partial charge in [-0.1, -0.05) is 20.3 Å². The summed E-state index contributed by atoms with van der Waals surface area (Å²) in [4.78, 5) is 11.8. The molecule has 1 amide bonds. The molecule has 1 aromatic heterocycles. The molecule has 0 radical (unpaired) electrons. The number of amides is 1. The van der Waals surface area contributed by atoms with Crippen LogP contribution >= 0.6 is 11.3 Å². The molecule has 3 nitrogen and oxygen atoms in total. The Morgan fingerprint density at radius 2 is 2.24 bits per heavy atom. The summed E-state index contributed by atoms with van der Waals surface area (Å²) in [6.45, 7) is 6.07. The Morgan fingerprint density at radius 3 is 2.76 bits per heavy atom. The van der Waals surface area contributed by atoms with Crippen molar-refractivity contribution in [3.8, 4) is 0 Å². The van der Waals surface area contributed by atoms with Gasteiger partial charge in [-0.25, -0.2) is 0 Å². The predicted molar refractivity (Wildman–Crippen MR) is 73.1 cm³/mol. The van der Waals surface area contributed by atoms with Gasteiger partial charge in [0.2, 0.25) is 5.91 Å². The van der Waals surface area contributed by atoms with Gasteiger partial charge in [-0.2, -0.15) is 11.3 Å². The van der Waals surface area contributed by atoms with Gasteiger partial charge < -0.3 is 11.1 Å². The number of carbonyl (C=O) groups is 1. The van der Waals surface area contributed by atoms with E-state index in [0.717, 1.165) is 12.8 Å². The molecule has 96 valence electrons. The highest BCUT2D eigenvalue weighted by molar-refractivity contribution is 7.07. The van der Waals surface area contributed by atoms with Crippen LogP contribution in [-0.2, 0) is 11.2 Å². The molecule has 3 N–H and O–H groups in total. The summed E-state index contributed by atoms with van der Waals surface area (Å²) in [6.07, 6.45) is 1.79. The van der Waals surface area contributed by atoms with Crippen molar-refractivity contribution < 1.29 is 4.79 Å². The second kappa shape index (κ2) is 6.77. The number of thiophene rings is 1. The summed E-state index contributed by atoms with van der Waals surface area (Å²) >= 11 is 1.68. The second-order valence-corrected chi connectivity index (χ2v) is 5.44. The molecule has 0 bridgehead atoms. The Balaban J connectivity index is 2.40. The van der Waals surface area contributed by atoms with Crippen molar-refractivity contribution in [3.05, 3.63) is 22.4 Å². The quantitative estimate of drug-likeness (QED) is 0.817. The van der Waals surface area contributed by atoms with Crippen LogP contribution in [0.15, 0.2) is 16.8 Å². The van der Waals surface area contributed by atoms with E-state index >= 15 is 0 Å². The predicted octanol–water partition coefficient (Wildman–Crippen LogP) is 2.17. The van der Waals surface area contributed by atoms with E-state index in [1.165, 1.54) is 5.56 Å². The summed E-state index contributed by atoms with van der Waals surface area (Å²) < 4.78 is 0. The highest BCUT2D eigenvalue weighted by atomic mass is 32.1. The van der Waals surface area contributed by atoms with Gasteiger partial charge in [0.25, 0.3) is 0 Å². The molecule has 0 saturated heterocycles. The average Bonchev–Trinajstić information content (AvgIpc) is 2.79. The number of carbonyl (C=O) groups excluding carboxylic acids is 1. The lowest BCUT2D eigenvalue weighted by Crippen LogP contribution is -2.48. The van der Waals surface area contributed by atoms with Crippen LogP contribution in [-0.4, -0.2) is 18.0 Å². The lowest BCUT2D eigenvalue weighted by molar-refractivity contribution is -0.124. The first-order valence-corrected chi connectivity index (χ1v) is 7.05. The highest BCUT2D eigenvalue weighted by Crippen LogP contribution is 2.09. The maximum Gasteiger partial charge on any atom is 0.237 e. The molecule has 0 saturated carbocycles. The first-order chi connectivity index (χ1) is 8.04. The number of nitrogens with one attached hydrogen (secondary N) is 1. The maximum absolute atomic E-state index is 11.8. The molecule has 0 aliphatic heterocycles. The minimum atomic E-state index is -0.398. The SMILES string of the molecule is CCC(C)C(N)C(=O)NC(C)Cc1ccsc1. The van der Waals surface area contributed by atoms with Crippen LogP contribution in [0, 0.1) is 5.92 Å². The van der Waals surface area contributed by atoms with Gasteiger partial charge in [-0.05, 0) is 41.7 Å². The first-order valence-electron chi connectivity index (χ1n) is 6.11. The summed E-state index contributed by atoms with van der Waals surface area (Å²) in [5.74, 6) is 0.186. The Bertz CT molecular complexity index is 337. The molecule has 0 aromatic carbocycles. The second-order valence-electron chi connectivity index (χ2n) is 4.66. The van der Waals surface area contributed by atoms with Crippen molar-refractivity contribution in [2.45, 2.75) is 45.7 Å². The summed E-state index contributed by atoms with van der Waals surface area (Å²) in [7, 11) is 0. The standard InChI is InChI=1S/C13H22N2OS/c1-4-9(2)12(14)13(16)15-10(3)7-11-5-6-17-8-11/h5-6,8-10,12H,4,7,14H2,1-3H3,(H,15,16). The van der Waals surface area contributed by atoms with Crippen LogP contribution in [0.4, 0.5) is 0 Å². The van der Waals surface area contributed by atoms with E-state index < -0.39 is 6.04 Å². The molecule has 17 heavy (non-hydrogen) atoms. The van der Waals surface area contributed by atoms with Crippen molar-refractivity contribution in [1.29, 1.82) is 0 Å². The van der Waals surface area contributed by atoms with E-state index in [0.29, 0.717) is 0 Å². The minimum absolute atomic E-state index is 0.0397.